The molecule has 1 heterocycles. The third-order valence-corrected chi connectivity index (χ3v) is 3.99. The lowest BCUT2D eigenvalue weighted by Gasteiger charge is -2.32. The molecule has 0 spiro atoms. The van der Waals surface area contributed by atoms with Crippen molar-refractivity contribution in [2.45, 2.75) is 70.8 Å². The van der Waals surface area contributed by atoms with Crippen molar-refractivity contribution in [2.24, 2.45) is 0 Å². The Labute approximate surface area is 108 Å². The van der Waals surface area contributed by atoms with E-state index >= 15 is 0 Å². The molecule has 0 bridgehead atoms. The Morgan fingerprint density at radius 1 is 1.06 bits per heavy atom. The van der Waals surface area contributed by atoms with Crippen LogP contribution in [0.25, 0.3) is 0 Å². The van der Waals surface area contributed by atoms with E-state index in [0.717, 1.165) is 6.04 Å². The molecule has 1 atom stereocenters. The molecule has 17 heavy (non-hydrogen) atoms. The molecule has 1 aliphatic heterocycles. The van der Waals surface area contributed by atoms with Crippen LogP contribution in [-0.4, -0.2) is 37.6 Å². The van der Waals surface area contributed by atoms with Crippen LogP contribution >= 0.6 is 0 Å². The van der Waals surface area contributed by atoms with Crippen LogP contribution in [0.2, 0.25) is 0 Å². The van der Waals surface area contributed by atoms with Crippen LogP contribution in [0.15, 0.2) is 0 Å². The smallest absolute Gasteiger partial charge is 0.0192 e. The quantitative estimate of drug-likeness (QED) is 0.621. The summed E-state index contributed by atoms with van der Waals surface area (Å²) in [5.74, 6) is 0. The Morgan fingerprint density at radius 3 is 2.47 bits per heavy atom. The Balaban J connectivity index is 1.91. The number of likely N-dealkylation sites (tertiary alicyclic amines) is 1. The number of unbranched alkanes of at least 4 members (excludes halogenated alkanes) is 6. The summed E-state index contributed by atoms with van der Waals surface area (Å²) in [6.45, 7) is 6.21. The van der Waals surface area contributed by atoms with Crippen molar-refractivity contribution < 1.29 is 0 Å². The molecule has 0 radical (unpaired) electrons. The fraction of sp³-hybridized carbons (Fsp3) is 1.00. The molecule has 0 aliphatic carbocycles. The fourth-order valence-electron chi connectivity index (χ4n) is 2.79. The normalized spacial score (nSPS) is 21.9. The van der Waals surface area contributed by atoms with Gasteiger partial charge in [-0.2, -0.15) is 0 Å². The number of likely N-dealkylation sites (N-methyl/N-ethyl adjacent to an activating group) is 1. The minimum atomic E-state index is 0.744. The summed E-state index contributed by atoms with van der Waals surface area (Å²) < 4.78 is 0. The van der Waals surface area contributed by atoms with E-state index in [2.05, 4.69) is 24.2 Å². The first-order valence-electron chi connectivity index (χ1n) is 7.76. The lowest BCUT2D eigenvalue weighted by atomic mass is 10.0. The molecule has 1 rings (SSSR count). The zero-order valence-electron chi connectivity index (χ0n) is 12.0. The van der Waals surface area contributed by atoms with Crippen molar-refractivity contribution in [2.75, 3.05) is 26.7 Å². The maximum absolute atomic E-state index is 3.42. The van der Waals surface area contributed by atoms with Gasteiger partial charge in [0.15, 0.2) is 0 Å². The van der Waals surface area contributed by atoms with Crippen LogP contribution < -0.4 is 5.32 Å². The van der Waals surface area contributed by atoms with E-state index in [0.29, 0.717) is 0 Å². The minimum absolute atomic E-state index is 0.744. The summed E-state index contributed by atoms with van der Waals surface area (Å²) in [5, 5.41) is 3.42. The summed E-state index contributed by atoms with van der Waals surface area (Å²) in [6.07, 6.45) is 12.7. The Morgan fingerprint density at radius 2 is 1.76 bits per heavy atom. The van der Waals surface area contributed by atoms with E-state index in [-0.39, 0.29) is 0 Å². The average Bonchev–Trinajstić information content (AvgIpc) is 2.38. The molecule has 2 nitrogen and oxygen atoms in total. The first-order chi connectivity index (χ1) is 8.36. The summed E-state index contributed by atoms with van der Waals surface area (Å²) in [7, 11) is 2.10. The van der Waals surface area contributed by atoms with Gasteiger partial charge in [-0.05, 0) is 39.4 Å². The van der Waals surface area contributed by atoms with Crippen molar-refractivity contribution in [3.8, 4) is 0 Å². The Kier molecular flexibility index (Phi) is 8.72. The highest BCUT2D eigenvalue weighted by molar-refractivity contribution is 4.76. The van der Waals surface area contributed by atoms with Crippen LogP contribution in [0, 0.1) is 0 Å². The average molecular weight is 240 g/mol. The third kappa shape index (κ3) is 7.05. The third-order valence-electron chi connectivity index (χ3n) is 3.99. The summed E-state index contributed by atoms with van der Waals surface area (Å²) in [6, 6.07) is 0.744. The molecular formula is C15H32N2. The number of hydrogen-bond acceptors (Lipinski definition) is 2. The first-order valence-corrected chi connectivity index (χ1v) is 7.76. The monoisotopic (exact) mass is 240 g/mol. The molecule has 1 saturated heterocycles. The van der Waals surface area contributed by atoms with Crippen molar-refractivity contribution >= 4 is 0 Å². The van der Waals surface area contributed by atoms with Crippen LogP contribution in [0.5, 0.6) is 0 Å². The van der Waals surface area contributed by atoms with E-state index in [1.165, 1.54) is 77.4 Å². The highest BCUT2D eigenvalue weighted by Gasteiger charge is 2.17. The molecule has 102 valence electrons. The minimum Gasteiger partial charge on any atom is -0.316 e. The van der Waals surface area contributed by atoms with Crippen LogP contribution in [0.1, 0.15) is 64.7 Å². The topological polar surface area (TPSA) is 15.3 Å². The second kappa shape index (κ2) is 9.90. The molecular weight excluding hydrogens is 208 g/mol. The van der Waals surface area contributed by atoms with Crippen molar-refractivity contribution in [3.63, 3.8) is 0 Å². The number of rotatable bonds is 9. The van der Waals surface area contributed by atoms with E-state index in [1.54, 1.807) is 0 Å². The lowest BCUT2D eigenvalue weighted by Crippen LogP contribution is -2.44. The lowest BCUT2D eigenvalue weighted by molar-refractivity contribution is 0.192. The second-order valence-corrected chi connectivity index (χ2v) is 5.55. The highest BCUT2D eigenvalue weighted by atomic mass is 15.2. The standard InChI is InChI=1S/C15H32N2/c1-3-4-5-6-7-8-9-12-17-13-10-11-15(14-17)16-2/h15-16H,3-14H2,1-2H3. The van der Waals surface area contributed by atoms with Gasteiger partial charge in [0.25, 0.3) is 0 Å². The molecule has 2 heteroatoms. The highest BCUT2D eigenvalue weighted by Crippen LogP contribution is 2.12. The largest absolute Gasteiger partial charge is 0.316 e. The molecule has 0 aromatic heterocycles. The van der Waals surface area contributed by atoms with Gasteiger partial charge < -0.3 is 10.2 Å². The predicted octanol–water partition coefficient (Wildman–Crippen LogP) is 3.42. The van der Waals surface area contributed by atoms with Gasteiger partial charge in [0, 0.05) is 12.6 Å². The maximum atomic E-state index is 3.42. The summed E-state index contributed by atoms with van der Waals surface area (Å²) in [5.41, 5.74) is 0. The van der Waals surface area contributed by atoms with Gasteiger partial charge in [0.1, 0.15) is 0 Å². The molecule has 1 fully saturated rings. The molecule has 0 aromatic carbocycles. The number of nitrogens with one attached hydrogen (secondary N) is 1. The second-order valence-electron chi connectivity index (χ2n) is 5.55. The molecule has 1 N–H and O–H groups in total. The number of hydrogen-bond donors (Lipinski definition) is 1. The number of piperidine rings is 1. The van der Waals surface area contributed by atoms with Gasteiger partial charge in [-0.1, -0.05) is 45.4 Å². The number of nitrogens with zero attached hydrogens (tertiary/aromatic N) is 1. The summed E-state index contributed by atoms with van der Waals surface area (Å²) >= 11 is 0. The van der Waals surface area contributed by atoms with E-state index in [1.807, 2.05) is 0 Å². The Bertz CT molecular complexity index is 170. The van der Waals surface area contributed by atoms with Crippen LogP contribution in [0.4, 0.5) is 0 Å². The zero-order valence-corrected chi connectivity index (χ0v) is 12.0. The van der Waals surface area contributed by atoms with Gasteiger partial charge >= 0.3 is 0 Å². The van der Waals surface area contributed by atoms with E-state index in [4.69, 9.17) is 0 Å². The Hall–Kier alpha value is -0.0800. The van der Waals surface area contributed by atoms with Crippen LogP contribution in [-0.2, 0) is 0 Å². The maximum Gasteiger partial charge on any atom is 0.0192 e. The molecule has 0 aromatic rings. The van der Waals surface area contributed by atoms with Crippen molar-refractivity contribution in [1.29, 1.82) is 0 Å². The van der Waals surface area contributed by atoms with Gasteiger partial charge in [0.05, 0.1) is 0 Å². The van der Waals surface area contributed by atoms with Crippen molar-refractivity contribution in [3.05, 3.63) is 0 Å². The van der Waals surface area contributed by atoms with Crippen LogP contribution in [0.3, 0.4) is 0 Å². The zero-order chi connectivity index (χ0) is 12.3. The van der Waals surface area contributed by atoms with Gasteiger partial charge in [-0.3, -0.25) is 0 Å². The van der Waals surface area contributed by atoms with Gasteiger partial charge in [0.2, 0.25) is 0 Å². The van der Waals surface area contributed by atoms with Crippen molar-refractivity contribution in [1.82, 2.24) is 10.2 Å². The summed E-state index contributed by atoms with van der Waals surface area (Å²) in [4.78, 5) is 2.65. The molecule has 1 aliphatic rings. The first kappa shape index (κ1) is 15.0. The fourth-order valence-corrected chi connectivity index (χ4v) is 2.79. The van der Waals surface area contributed by atoms with Gasteiger partial charge in [-0.25, -0.2) is 0 Å². The molecule has 0 saturated carbocycles. The van der Waals surface area contributed by atoms with Gasteiger partial charge in [-0.15, -0.1) is 0 Å². The van der Waals surface area contributed by atoms with E-state index < -0.39 is 0 Å². The predicted molar refractivity (Wildman–Crippen MR) is 76.5 cm³/mol. The SMILES string of the molecule is CCCCCCCCCN1CCCC(NC)C1. The molecule has 1 unspecified atom stereocenters. The van der Waals surface area contributed by atoms with E-state index in [9.17, 15) is 0 Å². The molecule has 0 amide bonds.